The van der Waals surface area contributed by atoms with E-state index in [1.807, 2.05) is 0 Å². The third-order valence-corrected chi connectivity index (χ3v) is 9.44. The zero-order chi connectivity index (χ0) is 21.0. The van der Waals surface area contributed by atoms with Crippen molar-refractivity contribution in [2.24, 2.45) is 11.8 Å². The van der Waals surface area contributed by atoms with Crippen LogP contribution in [0.15, 0.2) is 30.3 Å². The molecule has 4 aliphatic rings. The van der Waals surface area contributed by atoms with Crippen molar-refractivity contribution in [3.63, 3.8) is 0 Å². The summed E-state index contributed by atoms with van der Waals surface area (Å²) in [6, 6.07) is 9.06. The van der Waals surface area contributed by atoms with Gasteiger partial charge < -0.3 is 0 Å². The number of aromatic nitrogens is 2. The van der Waals surface area contributed by atoms with Crippen LogP contribution in [0.25, 0.3) is 11.9 Å². The van der Waals surface area contributed by atoms with Gasteiger partial charge in [0, 0.05) is 6.92 Å². The molecule has 0 atom stereocenters. The lowest BCUT2D eigenvalue weighted by molar-refractivity contribution is -0.586. The summed E-state index contributed by atoms with van der Waals surface area (Å²) in [5, 5.41) is 0. The van der Waals surface area contributed by atoms with Gasteiger partial charge in [-0.15, -0.1) is 0 Å². The van der Waals surface area contributed by atoms with E-state index in [0.29, 0.717) is 5.92 Å². The molecule has 3 saturated carbocycles. The van der Waals surface area contributed by atoms with Crippen molar-refractivity contribution in [3.05, 3.63) is 53.1 Å². The SMILES string of the molecule is Cc1ccccc1-n1c(C)c2[n+](c1C1CCCC1)C=CC2(C1CCCC1)C1CCCC1. The topological polar surface area (TPSA) is 8.81 Å². The van der Waals surface area contributed by atoms with E-state index in [4.69, 9.17) is 0 Å². The standard InChI is InChI=1S/C29H39N2/c1-21-11-3-10-18-26(21)31-22(2)27-29(24-14-6-7-15-24,25-16-8-9-17-25)19-20-30(27)28(31)23-12-4-5-13-23/h3,10-11,18-20,23-25H,4-9,12-17H2,1-2H3/q+1. The molecule has 0 spiro atoms. The van der Waals surface area contributed by atoms with Gasteiger partial charge in [0.15, 0.2) is 5.69 Å². The third-order valence-electron chi connectivity index (χ3n) is 9.44. The van der Waals surface area contributed by atoms with Gasteiger partial charge in [0.1, 0.15) is 11.4 Å². The quantitative estimate of drug-likeness (QED) is 0.469. The van der Waals surface area contributed by atoms with Crippen LogP contribution in [0.1, 0.15) is 106 Å². The zero-order valence-corrected chi connectivity index (χ0v) is 19.6. The molecule has 0 radical (unpaired) electrons. The van der Waals surface area contributed by atoms with Gasteiger partial charge in [-0.3, -0.25) is 0 Å². The first-order chi connectivity index (χ1) is 15.2. The number of rotatable bonds is 4. The van der Waals surface area contributed by atoms with E-state index in [-0.39, 0.29) is 5.41 Å². The van der Waals surface area contributed by atoms with E-state index in [1.165, 1.54) is 94.0 Å². The second kappa shape index (κ2) is 7.64. The Bertz CT molecular complexity index is 976. The molecule has 0 N–H and O–H groups in total. The molecule has 2 nitrogen and oxygen atoms in total. The van der Waals surface area contributed by atoms with Gasteiger partial charge in [0.25, 0.3) is 5.82 Å². The second-order valence-corrected chi connectivity index (χ2v) is 11.0. The molecule has 2 aromatic rings. The number of hydrogen-bond acceptors (Lipinski definition) is 0. The molecule has 0 bridgehead atoms. The fourth-order valence-corrected chi connectivity index (χ4v) is 8.10. The molecule has 3 aliphatic carbocycles. The minimum Gasteiger partial charge on any atom is -0.202 e. The first-order valence-corrected chi connectivity index (χ1v) is 13.1. The number of hydrogen-bond donors (Lipinski definition) is 0. The van der Waals surface area contributed by atoms with Crippen LogP contribution >= 0.6 is 0 Å². The molecule has 164 valence electrons. The summed E-state index contributed by atoms with van der Waals surface area (Å²) in [6.07, 6.45) is 22.1. The molecule has 1 aliphatic heterocycles. The van der Waals surface area contributed by atoms with Gasteiger partial charge in [0.05, 0.1) is 17.5 Å². The number of nitrogens with zero attached hydrogens (tertiary/aromatic N) is 2. The summed E-state index contributed by atoms with van der Waals surface area (Å²) in [4.78, 5) is 0. The van der Waals surface area contributed by atoms with Crippen molar-refractivity contribution >= 4 is 6.20 Å². The fourth-order valence-electron chi connectivity index (χ4n) is 8.10. The Morgan fingerprint density at radius 3 is 2.00 bits per heavy atom. The zero-order valence-electron chi connectivity index (χ0n) is 19.6. The predicted molar refractivity (Wildman–Crippen MR) is 128 cm³/mol. The average Bonchev–Trinajstić information content (AvgIpc) is 3.58. The predicted octanol–water partition coefficient (Wildman–Crippen LogP) is 7.14. The summed E-state index contributed by atoms with van der Waals surface area (Å²) in [6.45, 7) is 4.74. The molecule has 2 heterocycles. The fraction of sp³-hybridized carbons (Fsp3) is 0.621. The molecule has 0 amide bonds. The van der Waals surface area contributed by atoms with Crippen LogP contribution in [0.2, 0.25) is 0 Å². The van der Waals surface area contributed by atoms with Gasteiger partial charge >= 0.3 is 0 Å². The first kappa shape index (κ1) is 19.8. The Labute approximate surface area is 188 Å². The summed E-state index contributed by atoms with van der Waals surface area (Å²) in [7, 11) is 0. The van der Waals surface area contributed by atoms with E-state index in [0.717, 1.165) is 11.8 Å². The average molecular weight is 416 g/mol. The maximum atomic E-state index is 2.72. The van der Waals surface area contributed by atoms with Crippen LogP contribution in [0, 0.1) is 25.7 Å². The lowest BCUT2D eigenvalue weighted by Crippen LogP contribution is -2.44. The highest BCUT2D eigenvalue weighted by Gasteiger charge is 2.56. The smallest absolute Gasteiger partial charge is 0.202 e. The third kappa shape index (κ3) is 2.86. The summed E-state index contributed by atoms with van der Waals surface area (Å²) < 4.78 is 5.41. The maximum absolute atomic E-state index is 2.72. The van der Waals surface area contributed by atoms with Crippen LogP contribution in [0.5, 0.6) is 0 Å². The molecular formula is C29H39N2+. The molecule has 0 saturated heterocycles. The number of para-hydroxylation sites is 1. The van der Waals surface area contributed by atoms with Crippen molar-refractivity contribution in [1.82, 2.24) is 4.57 Å². The normalized spacial score (nSPS) is 23.9. The number of imidazole rings is 1. The highest BCUT2D eigenvalue weighted by atomic mass is 15.2. The van der Waals surface area contributed by atoms with E-state index >= 15 is 0 Å². The lowest BCUT2D eigenvalue weighted by Gasteiger charge is -2.38. The van der Waals surface area contributed by atoms with Crippen LogP contribution in [0.4, 0.5) is 0 Å². The van der Waals surface area contributed by atoms with Crippen LogP contribution in [-0.2, 0) is 5.41 Å². The molecule has 0 unspecified atom stereocenters. The number of allylic oxidation sites excluding steroid dienone is 1. The van der Waals surface area contributed by atoms with E-state index in [1.54, 1.807) is 11.5 Å². The minimum absolute atomic E-state index is 0.276. The molecule has 3 fully saturated rings. The highest BCUT2D eigenvalue weighted by molar-refractivity contribution is 5.48. The van der Waals surface area contributed by atoms with Gasteiger partial charge in [-0.05, 0) is 75.0 Å². The molecule has 1 aromatic carbocycles. The van der Waals surface area contributed by atoms with Crippen LogP contribution in [0.3, 0.4) is 0 Å². The second-order valence-electron chi connectivity index (χ2n) is 11.0. The number of benzene rings is 1. The molecular weight excluding hydrogens is 376 g/mol. The number of fused-ring (bicyclic) bond motifs is 1. The summed E-state index contributed by atoms with van der Waals surface area (Å²) in [5.41, 5.74) is 6.29. The highest BCUT2D eigenvalue weighted by Crippen LogP contribution is 2.55. The Balaban J connectivity index is 1.61. The Hall–Kier alpha value is -1.83. The Morgan fingerprint density at radius 2 is 1.39 bits per heavy atom. The van der Waals surface area contributed by atoms with E-state index in [9.17, 15) is 0 Å². The van der Waals surface area contributed by atoms with Crippen LogP contribution < -0.4 is 4.57 Å². The maximum Gasteiger partial charge on any atom is 0.269 e. The molecule has 2 heteroatoms. The number of aryl methyl sites for hydroxylation is 1. The minimum atomic E-state index is 0.276. The van der Waals surface area contributed by atoms with Crippen molar-refractivity contribution in [3.8, 4) is 5.69 Å². The van der Waals surface area contributed by atoms with E-state index < -0.39 is 0 Å². The molecule has 1 aromatic heterocycles. The molecule has 31 heavy (non-hydrogen) atoms. The monoisotopic (exact) mass is 415 g/mol. The molecule has 6 rings (SSSR count). The van der Waals surface area contributed by atoms with Crippen molar-refractivity contribution in [2.75, 3.05) is 0 Å². The van der Waals surface area contributed by atoms with Gasteiger partial charge in [-0.25, -0.2) is 4.57 Å². The van der Waals surface area contributed by atoms with Crippen molar-refractivity contribution in [1.29, 1.82) is 0 Å². The lowest BCUT2D eigenvalue weighted by atomic mass is 9.63. The van der Waals surface area contributed by atoms with Gasteiger partial charge in [-0.2, -0.15) is 4.57 Å². The Kier molecular flexibility index (Phi) is 4.89. The van der Waals surface area contributed by atoms with Crippen LogP contribution in [-0.4, -0.2) is 4.57 Å². The Morgan fingerprint density at radius 1 is 0.806 bits per heavy atom. The van der Waals surface area contributed by atoms with Crippen molar-refractivity contribution in [2.45, 2.75) is 102 Å². The first-order valence-electron chi connectivity index (χ1n) is 13.1. The summed E-state index contributed by atoms with van der Waals surface area (Å²) in [5.74, 6) is 3.94. The van der Waals surface area contributed by atoms with Gasteiger partial charge in [0.2, 0.25) is 0 Å². The van der Waals surface area contributed by atoms with E-state index in [2.05, 4.69) is 59.5 Å². The van der Waals surface area contributed by atoms with Gasteiger partial charge in [-0.1, -0.05) is 56.7 Å². The summed E-state index contributed by atoms with van der Waals surface area (Å²) >= 11 is 0. The largest absolute Gasteiger partial charge is 0.269 e. The van der Waals surface area contributed by atoms with Crippen molar-refractivity contribution < 1.29 is 4.57 Å².